The maximum atomic E-state index is 5.80. The molecule has 0 aliphatic carbocycles. The fourth-order valence-electron chi connectivity index (χ4n) is 0.390. The molecule has 0 spiro atoms. The van der Waals surface area contributed by atoms with E-state index in [4.69, 9.17) is 11.6 Å². The van der Waals surface area contributed by atoms with Crippen LogP contribution in [0.3, 0.4) is 0 Å². The fourth-order valence-corrected chi connectivity index (χ4v) is 3.47. The zero-order valence-electron chi connectivity index (χ0n) is 4.45. The molecule has 40 valence electrons. The number of hydrogen-bond acceptors (Lipinski definition) is 0. The van der Waals surface area contributed by atoms with Gasteiger partial charge in [0.15, 0.2) is 0 Å². The zero-order chi connectivity index (χ0) is 5.70. The van der Waals surface area contributed by atoms with Gasteiger partial charge in [-0.15, -0.1) is 0 Å². The number of halogens is 2. The van der Waals surface area contributed by atoms with E-state index in [-0.39, 0.29) is 0 Å². The van der Waals surface area contributed by atoms with Crippen LogP contribution in [0.15, 0.2) is 0 Å². The summed E-state index contributed by atoms with van der Waals surface area (Å²) < 4.78 is 0.525. The summed E-state index contributed by atoms with van der Waals surface area (Å²) in [5.74, 6) is 0. The molecular weight excluding hydrogens is 229 g/mol. The first-order valence-electron chi connectivity index (χ1n) is 2.51. The van der Waals surface area contributed by atoms with Gasteiger partial charge in [-0.25, -0.2) is 0 Å². The molecule has 0 radical (unpaired) electrons. The zero-order valence-corrected chi connectivity index (χ0v) is 9.76. The second-order valence-electron chi connectivity index (χ2n) is 1.54. The van der Waals surface area contributed by atoms with Gasteiger partial charge in [-0.05, 0) is 0 Å². The first-order valence-corrected chi connectivity index (χ1v) is 11.6. The van der Waals surface area contributed by atoms with Crippen molar-refractivity contribution < 1.29 is 15.2 Å². The van der Waals surface area contributed by atoms with Gasteiger partial charge in [0.2, 0.25) is 0 Å². The average Bonchev–Trinajstić information content (AvgIpc) is 1.68. The van der Waals surface area contributed by atoms with Gasteiger partial charge < -0.3 is 0 Å². The van der Waals surface area contributed by atoms with Crippen molar-refractivity contribution in [1.82, 2.24) is 0 Å². The molecule has 0 heterocycles. The molecule has 0 bridgehead atoms. The number of hydrogen-bond donors (Lipinski definition) is 0. The second-order valence-corrected chi connectivity index (χ2v) is 9.32. The quantitative estimate of drug-likeness (QED) is 0.522. The molecule has 7 heavy (non-hydrogen) atoms. The van der Waals surface area contributed by atoms with Crippen LogP contribution in [0.2, 0.25) is 0 Å². The maximum absolute atomic E-state index is 5.80. The van der Waals surface area contributed by atoms with Gasteiger partial charge in [0.05, 0.1) is 0 Å². The molecule has 1 atom stereocenters. The predicted molar refractivity (Wildman–Crippen MR) is 33.5 cm³/mol. The molecule has 0 aromatic carbocycles. The standard InChI is InChI=1S/C4H8Cl.BrH.Zn/c1-2-3-4-5;;/h4H,2-3H2,1H3;1H;/q;;+1/p-1. The summed E-state index contributed by atoms with van der Waals surface area (Å²) in [4.78, 5) is 0. The van der Waals surface area contributed by atoms with E-state index in [1.165, 1.54) is 12.8 Å². The molecule has 0 aromatic heterocycles. The van der Waals surface area contributed by atoms with E-state index in [9.17, 15) is 0 Å². The van der Waals surface area contributed by atoms with E-state index >= 15 is 0 Å². The summed E-state index contributed by atoms with van der Waals surface area (Å²) in [7, 11) is 0. The summed E-state index contributed by atoms with van der Waals surface area (Å²) in [5, 5.41) is 0. The topological polar surface area (TPSA) is 0 Å². The Balaban J connectivity index is 2.83. The van der Waals surface area contributed by atoms with Crippen LogP contribution in [0.25, 0.3) is 0 Å². The van der Waals surface area contributed by atoms with Gasteiger partial charge in [0, 0.05) is 0 Å². The van der Waals surface area contributed by atoms with E-state index in [0.717, 1.165) is 0 Å². The third-order valence-corrected chi connectivity index (χ3v) is 9.35. The monoisotopic (exact) mass is 234 g/mol. The van der Waals surface area contributed by atoms with Gasteiger partial charge in [-0.2, -0.15) is 0 Å². The third kappa shape index (κ3) is 5.26. The normalized spacial score (nSPS) is 13.0. The number of rotatable bonds is 3. The second kappa shape index (κ2) is 5.53. The van der Waals surface area contributed by atoms with E-state index in [1.807, 2.05) is 0 Å². The summed E-state index contributed by atoms with van der Waals surface area (Å²) in [6, 6.07) is 0. The van der Waals surface area contributed by atoms with Crippen molar-refractivity contribution >= 4 is 25.2 Å². The van der Waals surface area contributed by atoms with E-state index in [2.05, 4.69) is 20.5 Å². The van der Waals surface area contributed by atoms with Gasteiger partial charge >= 0.3 is 64.1 Å². The Kier molecular flexibility index (Phi) is 6.63. The Morgan fingerprint density at radius 1 is 1.86 bits per heavy atom. The molecule has 0 aromatic rings. The Labute approximate surface area is 64.0 Å². The van der Waals surface area contributed by atoms with Crippen LogP contribution < -0.4 is 0 Å². The van der Waals surface area contributed by atoms with Crippen molar-refractivity contribution in [2.75, 3.05) is 0 Å². The summed E-state index contributed by atoms with van der Waals surface area (Å²) in [6.45, 7) is 2.17. The molecule has 1 unspecified atom stereocenters. The molecule has 0 N–H and O–H groups in total. The van der Waals surface area contributed by atoms with Crippen molar-refractivity contribution in [2.45, 2.75) is 23.7 Å². The SMILES string of the molecule is CCC[CH](Cl)[Zn][Br]. The summed E-state index contributed by atoms with van der Waals surface area (Å²) in [5.41, 5.74) is 0. The Hall–Kier alpha value is 1.39. The van der Waals surface area contributed by atoms with Crippen molar-refractivity contribution in [1.29, 1.82) is 0 Å². The summed E-state index contributed by atoms with van der Waals surface area (Å²) >= 11 is 8.82. The number of alkyl halides is 1. The first-order chi connectivity index (χ1) is 3.31. The van der Waals surface area contributed by atoms with Crippen LogP contribution in [0.5, 0.6) is 0 Å². The first kappa shape index (κ1) is 8.39. The van der Waals surface area contributed by atoms with Gasteiger partial charge in [0.25, 0.3) is 0 Å². The van der Waals surface area contributed by atoms with Gasteiger partial charge in [-0.3, -0.25) is 0 Å². The molecule has 0 saturated carbocycles. The molecule has 0 aliphatic heterocycles. The Morgan fingerprint density at radius 3 is 2.57 bits per heavy atom. The van der Waals surface area contributed by atoms with E-state index < -0.39 is 15.2 Å². The summed E-state index contributed by atoms with van der Waals surface area (Å²) in [6.07, 6.45) is 2.43. The minimum absolute atomic E-state index is 0.449. The molecule has 0 saturated heterocycles. The van der Waals surface area contributed by atoms with Gasteiger partial charge in [0.1, 0.15) is 0 Å². The van der Waals surface area contributed by atoms with Crippen LogP contribution in [-0.4, -0.2) is 3.97 Å². The predicted octanol–water partition coefficient (Wildman–Crippen LogP) is 2.74. The van der Waals surface area contributed by atoms with E-state index in [1.54, 1.807) is 0 Å². The van der Waals surface area contributed by atoms with Gasteiger partial charge in [-0.1, -0.05) is 0 Å². The van der Waals surface area contributed by atoms with Crippen LogP contribution in [-0.2, 0) is 15.2 Å². The minimum atomic E-state index is -0.449. The molecule has 0 aliphatic rings. The molecule has 0 fully saturated rings. The molecule has 0 amide bonds. The van der Waals surface area contributed by atoms with Crippen molar-refractivity contribution in [3.05, 3.63) is 0 Å². The van der Waals surface area contributed by atoms with Crippen molar-refractivity contribution in [3.8, 4) is 0 Å². The fraction of sp³-hybridized carbons (Fsp3) is 1.00. The van der Waals surface area contributed by atoms with Crippen LogP contribution in [0.1, 0.15) is 19.8 Å². The average molecular weight is 237 g/mol. The van der Waals surface area contributed by atoms with Crippen molar-refractivity contribution in [3.63, 3.8) is 0 Å². The Bertz CT molecular complexity index is 42.7. The third-order valence-electron chi connectivity index (χ3n) is 0.769. The van der Waals surface area contributed by atoms with Crippen LogP contribution in [0.4, 0.5) is 0 Å². The van der Waals surface area contributed by atoms with Crippen molar-refractivity contribution in [2.24, 2.45) is 0 Å². The van der Waals surface area contributed by atoms with E-state index in [0.29, 0.717) is 3.97 Å². The van der Waals surface area contributed by atoms with Crippen LogP contribution in [0, 0.1) is 0 Å². The molecular formula is C4H8BrClZn. The molecule has 3 heteroatoms. The molecule has 0 rings (SSSR count). The Morgan fingerprint density at radius 2 is 2.43 bits per heavy atom. The van der Waals surface area contributed by atoms with Crippen LogP contribution >= 0.6 is 25.2 Å². The molecule has 0 nitrogen and oxygen atoms in total.